The maximum absolute atomic E-state index is 13.0. The zero-order chi connectivity index (χ0) is 24.6. The lowest BCUT2D eigenvalue weighted by Crippen LogP contribution is -2.38. The van der Waals surface area contributed by atoms with E-state index in [9.17, 15) is 18.3 Å². The predicted molar refractivity (Wildman–Crippen MR) is 123 cm³/mol. The number of carbonyl (C=O) groups excluding carboxylic acids is 1. The molecule has 1 heterocycles. The maximum atomic E-state index is 13.0. The fourth-order valence-corrected chi connectivity index (χ4v) is 5.21. The third kappa shape index (κ3) is 7.16. The van der Waals surface area contributed by atoms with Gasteiger partial charge in [-0.3, -0.25) is 4.79 Å². The largest absolute Gasteiger partial charge is 0.497 e. The van der Waals surface area contributed by atoms with E-state index in [1.807, 2.05) is 6.08 Å². The molecule has 2 N–H and O–H groups in total. The molecule has 1 fully saturated rings. The zero-order valence-corrected chi connectivity index (χ0v) is 20.5. The summed E-state index contributed by atoms with van der Waals surface area (Å²) in [4.78, 5) is 12.6. The summed E-state index contributed by atoms with van der Waals surface area (Å²) in [5.41, 5.74) is 0. The summed E-state index contributed by atoms with van der Waals surface area (Å²) >= 11 is 0. The summed E-state index contributed by atoms with van der Waals surface area (Å²) in [5, 5.41) is 12.2. The van der Waals surface area contributed by atoms with Crippen LogP contribution in [0.15, 0.2) is 41.0 Å². The van der Waals surface area contributed by atoms with Crippen molar-refractivity contribution in [2.45, 2.75) is 30.4 Å². The first-order valence-electron chi connectivity index (χ1n) is 11.4. The van der Waals surface area contributed by atoms with Gasteiger partial charge in [-0.15, -0.1) is 0 Å². The number of sulfonamides is 1. The van der Waals surface area contributed by atoms with Gasteiger partial charge in [0.15, 0.2) is 5.76 Å². The van der Waals surface area contributed by atoms with Crippen LogP contribution in [-0.2, 0) is 29.0 Å². The maximum Gasteiger partial charge on any atom is 0.286 e. The number of hydrogen-bond acceptors (Lipinski definition) is 8. The van der Waals surface area contributed by atoms with Crippen LogP contribution in [0.25, 0.3) is 0 Å². The summed E-state index contributed by atoms with van der Waals surface area (Å²) in [7, 11) is -0.769. The topological polar surface area (TPSA) is 124 Å². The lowest BCUT2D eigenvalue weighted by atomic mass is 9.96. The van der Waals surface area contributed by atoms with E-state index < -0.39 is 16.3 Å². The van der Waals surface area contributed by atoms with Crippen molar-refractivity contribution in [3.05, 3.63) is 36.1 Å². The second kappa shape index (κ2) is 12.5. The molecule has 0 bridgehead atoms. The normalized spacial score (nSPS) is 20.5. The number of nitrogens with one attached hydrogen (secondary N) is 1. The van der Waals surface area contributed by atoms with Crippen molar-refractivity contribution in [1.29, 1.82) is 0 Å². The number of aliphatic hydroxyl groups excluding tert-OH is 1. The van der Waals surface area contributed by atoms with Gasteiger partial charge in [-0.05, 0) is 55.0 Å². The minimum Gasteiger partial charge on any atom is -0.497 e. The van der Waals surface area contributed by atoms with Crippen LogP contribution in [0.5, 0.6) is 5.75 Å². The SMILES string of the molecule is COCCNC(=O)C1=C[C@H](C2CC2)C[C@H](OCCN(CCO)S(=O)(=O)c2ccc(OC)cc2)O1. The van der Waals surface area contributed by atoms with E-state index >= 15 is 0 Å². The van der Waals surface area contributed by atoms with E-state index in [4.69, 9.17) is 18.9 Å². The Balaban J connectivity index is 1.59. The molecule has 1 amide bonds. The van der Waals surface area contributed by atoms with Gasteiger partial charge in [-0.2, -0.15) is 4.31 Å². The average molecular weight is 499 g/mol. The molecule has 1 saturated carbocycles. The Bertz CT molecular complexity index is 931. The second-order valence-corrected chi connectivity index (χ2v) is 10.2. The van der Waals surface area contributed by atoms with Gasteiger partial charge in [0.25, 0.3) is 5.91 Å². The van der Waals surface area contributed by atoms with Crippen molar-refractivity contribution in [2.24, 2.45) is 11.8 Å². The van der Waals surface area contributed by atoms with Crippen molar-refractivity contribution in [3.8, 4) is 5.75 Å². The molecule has 0 aromatic heterocycles. The van der Waals surface area contributed by atoms with Crippen LogP contribution >= 0.6 is 0 Å². The summed E-state index contributed by atoms with van der Waals surface area (Å²) < 4.78 is 48.9. The number of allylic oxidation sites excluding steroid dienone is 1. The molecule has 0 radical (unpaired) electrons. The summed E-state index contributed by atoms with van der Waals surface area (Å²) in [6.07, 6.45) is 4.03. The molecule has 34 heavy (non-hydrogen) atoms. The second-order valence-electron chi connectivity index (χ2n) is 8.24. The molecule has 0 spiro atoms. The lowest BCUT2D eigenvalue weighted by Gasteiger charge is -2.30. The molecule has 1 aromatic rings. The summed E-state index contributed by atoms with van der Waals surface area (Å²) in [6, 6.07) is 6.06. The molecule has 0 saturated heterocycles. The Morgan fingerprint density at radius 3 is 2.53 bits per heavy atom. The Morgan fingerprint density at radius 1 is 1.18 bits per heavy atom. The standard InChI is InChI=1S/C23H34N2O8S/c1-30-13-9-24-23(27)21-15-18(17-3-4-17)16-22(33-21)32-14-11-25(10-12-26)34(28,29)20-7-5-19(31-2)6-8-20/h5-8,15,17-18,22,26H,3-4,9-14,16H2,1-2H3,(H,24,27)/t18-,22+/m0/s1. The molecular formula is C23H34N2O8S. The van der Waals surface area contributed by atoms with Crippen LogP contribution in [0.2, 0.25) is 0 Å². The molecule has 1 aliphatic carbocycles. The van der Waals surface area contributed by atoms with Gasteiger partial charge in [0.05, 0.1) is 31.8 Å². The van der Waals surface area contributed by atoms with Crippen LogP contribution in [-0.4, -0.2) is 83.7 Å². The van der Waals surface area contributed by atoms with Crippen molar-refractivity contribution < 1.29 is 37.3 Å². The van der Waals surface area contributed by atoms with Crippen LogP contribution in [0.4, 0.5) is 0 Å². The number of methoxy groups -OCH3 is 2. The fourth-order valence-electron chi connectivity index (χ4n) is 3.80. The van der Waals surface area contributed by atoms with Crippen molar-refractivity contribution in [2.75, 3.05) is 53.7 Å². The number of amides is 1. The number of nitrogens with zero attached hydrogens (tertiary/aromatic N) is 1. The third-order valence-corrected chi connectivity index (χ3v) is 7.74. The Morgan fingerprint density at radius 2 is 1.91 bits per heavy atom. The summed E-state index contributed by atoms with van der Waals surface area (Å²) in [5.74, 6) is 1.14. The molecule has 190 valence electrons. The van der Waals surface area contributed by atoms with Gasteiger partial charge in [-0.25, -0.2) is 8.42 Å². The molecule has 1 aliphatic heterocycles. The highest BCUT2D eigenvalue weighted by atomic mass is 32.2. The Hall–Kier alpha value is -2.18. The first-order valence-corrected chi connectivity index (χ1v) is 12.8. The molecule has 3 rings (SSSR count). The third-order valence-electron chi connectivity index (χ3n) is 5.82. The molecule has 1 aromatic carbocycles. The first-order chi connectivity index (χ1) is 16.4. The highest BCUT2D eigenvalue weighted by Crippen LogP contribution is 2.42. The molecule has 2 aliphatic rings. The van der Waals surface area contributed by atoms with E-state index in [0.717, 1.165) is 12.8 Å². The van der Waals surface area contributed by atoms with Gasteiger partial charge < -0.3 is 29.4 Å². The monoisotopic (exact) mass is 498 g/mol. The number of carbonyl (C=O) groups is 1. The fraction of sp³-hybridized carbons (Fsp3) is 0.609. The van der Waals surface area contributed by atoms with Gasteiger partial charge in [-0.1, -0.05) is 0 Å². The molecular weight excluding hydrogens is 464 g/mol. The number of aliphatic hydroxyl groups is 1. The average Bonchev–Trinajstić information content (AvgIpc) is 3.69. The Kier molecular flexibility index (Phi) is 9.72. The van der Waals surface area contributed by atoms with E-state index in [0.29, 0.717) is 31.2 Å². The highest BCUT2D eigenvalue weighted by Gasteiger charge is 2.37. The minimum absolute atomic E-state index is 0.0297. The number of hydrogen-bond donors (Lipinski definition) is 2. The zero-order valence-electron chi connectivity index (χ0n) is 19.6. The summed E-state index contributed by atoms with van der Waals surface area (Å²) in [6.45, 7) is 0.454. The van der Waals surface area contributed by atoms with Gasteiger partial charge in [0.1, 0.15) is 5.75 Å². The van der Waals surface area contributed by atoms with Crippen molar-refractivity contribution >= 4 is 15.9 Å². The number of benzene rings is 1. The van der Waals surface area contributed by atoms with E-state index in [1.165, 1.54) is 23.5 Å². The van der Waals surface area contributed by atoms with Crippen LogP contribution in [0.1, 0.15) is 19.3 Å². The van der Waals surface area contributed by atoms with Gasteiger partial charge in [0.2, 0.25) is 16.3 Å². The minimum atomic E-state index is -3.83. The van der Waals surface area contributed by atoms with Gasteiger partial charge in [0, 0.05) is 33.2 Å². The number of ether oxygens (including phenoxy) is 4. The molecule has 0 unspecified atom stereocenters. The number of rotatable bonds is 14. The van der Waals surface area contributed by atoms with E-state index in [2.05, 4.69) is 5.32 Å². The van der Waals surface area contributed by atoms with Gasteiger partial charge >= 0.3 is 0 Å². The lowest BCUT2D eigenvalue weighted by molar-refractivity contribution is -0.150. The van der Waals surface area contributed by atoms with E-state index in [1.54, 1.807) is 19.2 Å². The van der Waals surface area contributed by atoms with Crippen molar-refractivity contribution in [3.63, 3.8) is 0 Å². The first kappa shape index (κ1) is 26.4. The van der Waals surface area contributed by atoms with Crippen molar-refractivity contribution in [1.82, 2.24) is 9.62 Å². The quantitative estimate of drug-likeness (QED) is 0.366. The van der Waals surface area contributed by atoms with Crippen LogP contribution < -0.4 is 10.1 Å². The molecule has 10 nitrogen and oxygen atoms in total. The van der Waals surface area contributed by atoms with Crippen LogP contribution in [0.3, 0.4) is 0 Å². The predicted octanol–water partition coefficient (Wildman–Crippen LogP) is 1.11. The Labute approximate surface area is 200 Å². The molecule has 2 atom stereocenters. The molecule has 11 heteroatoms. The highest BCUT2D eigenvalue weighted by molar-refractivity contribution is 7.89. The van der Waals surface area contributed by atoms with Crippen LogP contribution in [0, 0.1) is 11.8 Å². The smallest absolute Gasteiger partial charge is 0.286 e. The van der Waals surface area contributed by atoms with E-state index in [-0.39, 0.29) is 48.8 Å².